The van der Waals surface area contributed by atoms with E-state index in [0.29, 0.717) is 28.2 Å². The number of amides is 3. The molecule has 0 spiro atoms. The molecule has 6 N–H and O–H groups in total. The summed E-state index contributed by atoms with van der Waals surface area (Å²) in [5.74, 6) is -2.79. The van der Waals surface area contributed by atoms with Crippen molar-refractivity contribution in [3.8, 4) is 0 Å². The third-order valence-corrected chi connectivity index (χ3v) is 6.67. The van der Waals surface area contributed by atoms with Gasteiger partial charge < -0.3 is 26.5 Å². The number of hydrogen-bond acceptors (Lipinski definition) is 8. The molecule has 0 aliphatic carbocycles. The van der Waals surface area contributed by atoms with Gasteiger partial charge in [-0.1, -0.05) is 35.9 Å². The fourth-order valence-corrected chi connectivity index (χ4v) is 4.76. The van der Waals surface area contributed by atoms with Crippen molar-refractivity contribution in [2.24, 2.45) is 5.73 Å². The molecule has 2 heterocycles. The number of nitrogens with two attached hydrogens (primary N) is 2. The Kier molecular flexibility index (Phi) is 7.72. The van der Waals surface area contributed by atoms with E-state index < -0.39 is 36.3 Å². The minimum absolute atomic E-state index is 0.0533. The number of nitrogens with zero attached hydrogens (tertiary/aromatic N) is 2. The molecule has 0 saturated carbocycles. The molecule has 1 unspecified atom stereocenters. The summed E-state index contributed by atoms with van der Waals surface area (Å²) in [6, 6.07) is 13.0. The molecule has 0 radical (unpaired) electrons. The number of nitrogens with one attached hydrogen (secondary N) is 2. The molecule has 0 saturated heterocycles. The van der Waals surface area contributed by atoms with Crippen LogP contribution in [0.5, 0.6) is 0 Å². The van der Waals surface area contributed by atoms with Crippen molar-refractivity contribution in [1.29, 1.82) is 0 Å². The van der Waals surface area contributed by atoms with E-state index in [4.69, 9.17) is 16.2 Å². The standard InChI is InChI=1S/C26H26N6O5S/c1-3-37-19(33)13-30-25(35)22(17-12-29-18-7-5-4-6-16(17)18)32(15-10-8-14(2)9-11-15)26(36)23-20(27)21(24(28)34)31-38-23/h4-12,22,29H,3,13,27H2,1-2H3,(H2,28,34)(H,30,35). The number of para-hydroxylation sites is 1. The number of nitrogen functional groups attached to an aromatic ring is 1. The number of esters is 1. The van der Waals surface area contributed by atoms with E-state index in [0.717, 1.165) is 11.1 Å². The molecule has 0 aliphatic rings. The van der Waals surface area contributed by atoms with E-state index in [-0.39, 0.29) is 22.9 Å². The van der Waals surface area contributed by atoms with Gasteiger partial charge in [0, 0.05) is 28.4 Å². The van der Waals surface area contributed by atoms with Gasteiger partial charge in [0.1, 0.15) is 17.5 Å². The molecular weight excluding hydrogens is 508 g/mol. The highest BCUT2D eigenvalue weighted by molar-refractivity contribution is 7.09. The lowest BCUT2D eigenvalue weighted by Crippen LogP contribution is -2.45. The summed E-state index contributed by atoms with van der Waals surface area (Å²) >= 11 is 0.713. The van der Waals surface area contributed by atoms with Crippen molar-refractivity contribution in [3.05, 3.63) is 76.4 Å². The van der Waals surface area contributed by atoms with Gasteiger partial charge in [-0.2, -0.15) is 4.37 Å². The maximum Gasteiger partial charge on any atom is 0.325 e. The number of rotatable bonds is 9. The van der Waals surface area contributed by atoms with Crippen LogP contribution in [0.15, 0.2) is 54.7 Å². The minimum atomic E-state index is -1.24. The smallest absolute Gasteiger partial charge is 0.325 e. The normalized spacial score (nSPS) is 11.6. The van der Waals surface area contributed by atoms with Crippen molar-refractivity contribution in [3.63, 3.8) is 0 Å². The zero-order valence-electron chi connectivity index (χ0n) is 20.7. The number of aryl methyl sites for hydroxylation is 1. The van der Waals surface area contributed by atoms with Gasteiger partial charge in [-0.05, 0) is 43.6 Å². The first-order valence-corrected chi connectivity index (χ1v) is 12.4. The maximum atomic E-state index is 14.1. The van der Waals surface area contributed by atoms with E-state index in [1.54, 1.807) is 37.4 Å². The van der Waals surface area contributed by atoms with Crippen LogP contribution in [-0.2, 0) is 14.3 Å². The molecular formula is C26H26N6O5S. The van der Waals surface area contributed by atoms with Gasteiger partial charge in [-0.3, -0.25) is 24.1 Å². The lowest BCUT2D eigenvalue weighted by atomic mass is 10.0. The average molecular weight is 535 g/mol. The monoisotopic (exact) mass is 534 g/mol. The summed E-state index contributed by atoms with van der Waals surface area (Å²) in [5, 5.41) is 3.29. The Hall–Kier alpha value is -4.71. The number of H-pyrrole nitrogens is 1. The largest absolute Gasteiger partial charge is 0.465 e. The summed E-state index contributed by atoms with van der Waals surface area (Å²) in [5.41, 5.74) is 13.6. The molecule has 0 fully saturated rings. The summed E-state index contributed by atoms with van der Waals surface area (Å²) < 4.78 is 8.89. The fraction of sp³-hybridized carbons (Fsp3) is 0.192. The molecule has 4 aromatic rings. The number of aromatic nitrogens is 2. The van der Waals surface area contributed by atoms with Gasteiger partial charge >= 0.3 is 5.97 Å². The van der Waals surface area contributed by atoms with Gasteiger partial charge in [0.15, 0.2) is 5.69 Å². The summed E-state index contributed by atoms with van der Waals surface area (Å²) in [6.07, 6.45) is 1.64. The third kappa shape index (κ3) is 5.20. The molecule has 0 aliphatic heterocycles. The SMILES string of the molecule is CCOC(=O)CNC(=O)C(c1c[nH]c2ccccc12)N(C(=O)c1snc(C(N)=O)c1N)c1ccc(C)cc1. The van der Waals surface area contributed by atoms with E-state index in [2.05, 4.69) is 14.7 Å². The number of carbonyl (C=O) groups is 4. The first kappa shape index (κ1) is 26.4. The predicted molar refractivity (Wildman–Crippen MR) is 144 cm³/mol. The van der Waals surface area contributed by atoms with Crippen molar-refractivity contribution >= 4 is 57.5 Å². The highest BCUT2D eigenvalue weighted by Gasteiger charge is 2.37. The van der Waals surface area contributed by atoms with Crippen LogP contribution in [0.4, 0.5) is 11.4 Å². The second-order valence-electron chi connectivity index (χ2n) is 8.36. The lowest BCUT2D eigenvalue weighted by molar-refractivity contribution is -0.143. The van der Waals surface area contributed by atoms with Crippen molar-refractivity contribution < 1.29 is 23.9 Å². The summed E-state index contributed by atoms with van der Waals surface area (Å²) in [7, 11) is 0. The van der Waals surface area contributed by atoms with Gasteiger partial charge in [0.25, 0.3) is 11.8 Å². The van der Waals surface area contributed by atoms with Gasteiger partial charge in [0.05, 0.1) is 12.3 Å². The van der Waals surface area contributed by atoms with Gasteiger partial charge in [-0.25, -0.2) is 0 Å². The number of hydrogen-bond donors (Lipinski definition) is 4. The summed E-state index contributed by atoms with van der Waals surface area (Å²) in [6.45, 7) is 3.31. The van der Waals surface area contributed by atoms with Crippen LogP contribution in [0, 0.1) is 6.92 Å². The Morgan fingerprint density at radius 3 is 2.50 bits per heavy atom. The Morgan fingerprint density at radius 2 is 1.84 bits per heavy atom. The van der Waals surface area contributed by atoms with E-state index in [9.17, 15) is 19.2 Å². The van der Waals surface area contributed by atoms with E-state index in [1.807, 2.05) is 31.2 Å². The summed E-state index contributed by atoms with van der Waals surface area (Å²) in [4.78, 5) is 56.0. The predicted octanol–water partition coefficient (Wildman–Crippen LogP) is 2.68. The van der Waals surface area contributed by atoms with Crippen molar-refractivity contribution in [1.82, 2.24) is 14.7 Å². The first-order chi connectivity index (χ1) is 18.2. The molecule has 1 atom stereocenters. The highest BCUT2D eigenvalue weighted by Crippen LogP contribution is 2.36. The third-order valence-electron chi connectivity index (χ3n) is 5.82. The van der Waals surface area contributed by atoms with Crippen LogP contribution in [0.3, 0.4) is 0 Å². The van der Waals surface area contributed by atoms with Crippen molar-refractivity contribution in [2.75, 3.05) is 23.8 Å². The Balaban J connectivity index is 1.88. The average Bonchev–Trinajstić information content (AvgIpc) is 3.50. The number of ether oxygens (including phenoxy) is 1. The maximum absolute atomic E-state index is 14.1. The molecule has 12 heteroatoms. The van der Waals surface area contributed by atoms with Crippen LogP contribution in [0.25, 0.3) is 10.9 Å². The number of benzene rings is 2. The van der Waals surface area contributed by atoms with Crippen LogP contribution in [-0.4, -0.2) is 46.2 Å². The minimum Gasteiger partial charge on any atom is -0.465 e. The molecule has 196 valence electrons. The molecule has 38 heavy (non-hydrogen) atoms. The van der Waals surface area contributed by atoms with Crippen LogP contribution in [0.1, 0.15) is 44.3 Å². The molecule has 11 nitrogen and oxygen atoms in total. The molecule has 2 aromatic heterocycles. The number of aromatic amines is 1. The number of carbonyl (C=O) groups excluding carboxylic acids is 4. The zero-order valence-corrected chi connectivity index (χ0v) is 21.5. The Labute approximate surface area is 221 Å². The van der Waals surface area contributed by atoms with E-state index >= 15 is 0 Å². The van der Waals surface area contributed by atoms with Crippen LogP contribution >= 0.6 is 11.5 Å². The lowest BCUT2D eigenvalue weighted by Gasteiger charge is -2.31. The molecule has 3 amide bonds. The molecule has 0 bridgehead atoms. The first-order valence-electron chi connectivity index (χ1n) is 11.7. The Bertz CT molecular complexity index is 1510. The zero-order chi connectivity index (χ0) is 27.4. The highest BCUT2D eigenvalue weighted by atomic mass is 32.1. The second kappa shape index (κ2) is 11.1. The number of fused-ring (bicyclic) bond motifs is 1. The fourth-order valence-electron chi connectivity index (χ4n) is 4.01. The van der Waals surface area contributed by atoms with Crippen LogP contribution < -0.4 is 21.7 Å². The second-order valence-corrected chi connectivity index (χ2v) is 9.14. The number of anilines is 2. The Morgan fingerprint density at radius 1 is 1.13 bits per heavy atom. The van der Waals surface area contributed by atoms with Crippen LogP contribution in [0.2, 0.25) is 0 Å². The quantitative estimate of drug-likeness (QED) is 0.239. The van der Waals surface area contributed by atoms with Gasteiger partial charge in [-0.15, -0.1) is 0 Å². The molecule has 2 aromatic carbocycles. The molecule has 4 rings (SSSR count). The van der Waals surface area contributed by atoms with Crippen molar-refractivity contribution in [2.45, 2.75) is 19.9 Å². The number of primary amides is 1. The topological polar surface area (TPSA) is 174 Å². The van der Waals surface area contributed by atoms with Gasteiger partial charge in [0.2, 0.25) is 5.91 Å². The van der Waals surface area contributed by atoms with E-state index in [1.165, 1.54) is 4.90 Å².